The fourth-order valence-corrected chi connectivity index (χ4v) is 1.33. The minimum atomic E-state index is -4.24. The lowest BCUT2D eigenvalue weighted by molar-refractivity contribution is -0.144. The molecule has 0 radical (unpaired) electrons. The number of alkyl halides is 3. The highest BCUT2D eigenvalue weighted by atomic mass is 19.4. The summed E-state index contributed by atoms with van der Waals surface area (Å²) >= 11 is 0. The lowest BCUT2D eigenvalue weighted by atomic mass is 10.2. The van der Waals surface area contributed by atoms with Crippen molar-refractivity contribution in [2.75, 3.05) is 13.1 Å². The first-order valence-corrected chi connectivity index (χ1v) is 4.54. The number of carbonyl (C=O) groups is 1. The van der Waals surface area contributed by atoms with E-state index >= 15 is 0 Å². The molecule has 0 aromatic heterocycles. The molecule has 6 heteroatoms. The number of halogens is 3. The Morgan fingerprint density at radius 1 is 1.50 bits per heavy atom. The SMILES string of the molecule is O=C(CCC(F)(F)F)NC1CCNC1. The lowest BCUT2D eigenvalue weighted by Crippen LogP contribution is -2.36. The van der Waals surface area contributed by atoms with Crippen molar-refractivity contribution < 1.29 is 18.0 Å². The third kappa shape index (κ3) is 4.45. The molecular formula is C8H13F3N2O. The van der Waals surface area contributed by atoms with Gasteiger partial charge in [0, 0.05) is 19.0 Å². The number of carbonyl (C=O) groups excluding carboxylic acids is 1. The minimum absolute atomic E-state index is 0.00395. The van der Waals surface area contributed by atoms with Crippen LogP contribution in [0.1, 0.15) is 19.3 Å². The maximum atomic E-state index is 11.7. The molecule has 1 fully saturated rings. The Labute approximate surface area is 80.0 Å². The molecule has 1 rings (SSSR count). The van der Waals surface area contributed by atoms with Crippen LogP contribution in [0.2, 0.25) is 0 Å². The third-order valence-electron chi connectivity index (χ3n) is 2.06. The lowest BCUT2D eigenvalue weighted by Gasteiger charge is -2.11. The summed E-state index contributed by atoms with van der Waals surface area (Å²) in [6.45, 7) is 1.46. The van der Waals surface area contributed by atoms with Crippen LogP contribution in [0.25, 0.3) is 0 Å². The van der Waals surface area contributed by atoms with Crippen molar-refractivity contribution in [3.8, 4) is 0 Å². The highest BCUT2D eigenvalue weighted by molar-refractivity contribution is 5.76. The summed E-state index contributed by atoms with van der Waals surface area (Å²) < 4.78 is 35.2. The summed E-state index contributed by atoms with van der Waals surface area (Å²) in [4.78, 5) is 11.0. The average Bonchev–Trinajstić information content (AvgIpc) is 2.52. The van der Waals surface area contributed by atoms with Gasteiger partial charge in [0.1, 0.15) is 0 Å². The van der Waals surface area contributed by atoms with E-state index in [0.29, 0.717) is 6.54 Å². The molecule has 0 aliphatic carbocycles. The zero-order valence-electron chi connectivity index (χ0n) is 7.66. The van der Waals surface area contributed by atoms with E-state index in [2.05, 4.69) is 10.6 Å². The predicted octanol–water partition coefficient (Wildman–Crippen LogP) is 0.807. The molecule has 1 atom stereocenters. The van der Waals surface area contributed by atoms with Crippen molar-refractivity contribution in [3.05, 3.63) is 0 Å². The van der Waals surface area contributed by atoms with Gasteiger partial charge in [0.15, 0.2) is 0 Å². The van der Waals surface area contributed by atoms with Crippen molar-refractivity contribution in [1.82, 2.24) is 10.6 Å². The van der Waals surface area contributed by atoms with Crippen molar-refractivity contribution >= 4 is 5.91 Å². The molecule has 0 aromatic carbocycles. The number of rotatable bonds is 3. The van der Waals surface area contributed by atoms with Crippen LogP contribution < -0.4 is 10.6 Å². The Morgan fingerprint density at radius 2 is 2.21 bits per heavy atom. The van der Waals surface area contributed by atoms with E-state index in [1.165, 1.54) is 0 Å². The molecule has 14 heavy (non-hydrogen) atoms. The first kappa shape index (κ1) is 11.3. The highest BCUT2D eigenvalue weighted by Crippen LogP contribution is 2.21. The van der Waals surface area contributed by atoms with E-state index < -0.39 is 24.9 Å². The molecule has 0 saturated carbocycles. The Balaban J connectivity index is 2.15. The van der Waals surface area contributed by atoms with E-state index in [9.17, 15) is 18.0 Å². The zero-order valence-corrected chi connectivity index (χ0v) is 7.66. The second-order valence-corrected chi connectivity index (χ2v) is 3.37. The third-order valence-corrected chi connectivity index (χ3v) is 2.06. The topological polar surface area (TPSA) is 41.1 Å². The van der Waals surface area contributed by atoms with Gasteiger partial charge >= 0.3 is 6.18 Å². The smallest absolute Gasteiger partial charge is 0.352 e. The summed E-state index contributed by atoms with van der Waals surface area (Å²) in [5.74, 6) is -0.518. The van der Waals surface area contributed by atoms with E-state index in [1.807, 2.05) is 0 Å². The Hall–Kier alpha value is -0.780. The Bertz CT molecular complexity index is 199. The quantitative estimate of drug-likeness (QED) is 0.723. The van der Waals surface area contributed by atoms with Crippen LogP contribution in [-0.4, -0.2) is 31.2 Å². The van der Waals surface area contributed by atoms with Crippen molar-refractivity contribution in [2.24, 2.45) is 0 Å². The van der Waals surface area contributed by atoms with Gasteiger partial charge in [0.2, 0.25) is 5.91 Å². The molecule has 0 bridgehead atoms. The number of nitrogens with one attached hydrogen (secondary N) is 2. The van der Waals surface area contributed by atoms with E-state index in [0.717, 1.165) is 13.0 Å². The monoisotopic (exact) mass is 210 g/mol. The molecule has 1 heterocycles. The van der Waals surface area contributed by atoms with Crippen LogP contribution in [0.15, 0.2) is 0 Å². The highest BCUT2D eigenvalue weighted by Gasteiger charge is 2.28. The fraction of sp³-hybridized carbons (Fsp3) is 0.875. The first-order chi connectivity index (χ1) is 6.47. The van der Waals surface area contributed by atoms with Gasteiger partial charge in [-0.15, -0.1) is 0 Å². The van der Waals surface area contributed by atoms with E-state index in [1.54, 1.807) is 0 Å². The molecule has 1 aliphatic heterocycles. The van der Waals surface area contributed by atoms with Crippen molar-refractivity contribution in [2.45, 2.75) is 31.5 Å². The molecule has 1 amide bonds. The van der Waals surface area contributed by atoms with Gasteiger partial charge in [0.05, 0.1) is 6.42 Å². The fourth-order valence-electron chi connectivity index (χ4n) is 1.33. The summed E-state index contributed by atoms with van der Waals surface area (Å²) in [6, 6.07) is -0.00395. The molecule has 0 spiro atoms. The summed E-state index contributed by atoms with van der Waals surface area (Å²) in [7, 11) is 0. The van der Waals surface area contributed by atoms with Gasteiger partial charge in [-0.2, -0.15) is 13.2 Å². The van der Waals surface area contributed by atoms with Gasteiger partial charge in [-0.25, -0.2) is 0 Å². The van der Waals surface area contributed by atoms with Crippen LogP contribution in [-0.2, 0) is 4.79 Å². The van der Waals surface area contributed by atoms with E-state index in [4.69, 9.17) is 0 Å². The number of hydrogen-bond donors (Lipinski definition) is 2. The van der Waals surface area contributed by atoms with Gasteiger partial charge in [-0.3, -0.25) is 4.79 Å². The molecule has 1 aliphatic rings. The van der Waals surface area contributed by atoms with Gasteiger partial charge in [-0.05, 0) is 13.0 Å². The Kier molecular flexibility index (Phi) is 3.74. The minimum Gasteiger partial charge on any atom is -0.352 e. The van der Waals surface area contributed by atoms with Crippen molar-refractivity contribution in [1.29, 1.82) is 0 Å². The van der Waals surface area contributed by atoms with Crippen LogP contribution in [0.4, 0.5) is 13.2 Å². The zero-order chi connectivity index (χ0) is 10.6. The molecule has 82 valence electrons. The molecule has 1 unspecified atom stereocenters. The van der Waals surface area contributed by atoms with Crippen molar-refractivity contribution in [3.63, 3.8) is 0 Å². The molecular weight excluding hydrogens is 197 g/mol. The molecule has 0 aromatic rings. The number of hydrogen-bond acceptors (Lipinski definition) is 2. The van der Waals surface area contributed by atoms with Gasteiger partial charge in [-0.1, -0.05) is 0 Å². The van der Waals surface area contributed by atoms with Gasteiger partial charge in [0.25, 0.3) is 0 Å². The maximum Gasteiger partial charge on any atom is 0.389 e. The van der Waals surface area contributed by atoms with E-state index in [-0.39, 0.29) is 6.04 Å². The summed E-state index contributed by atoms with van der Waals surface area (Å²) in [5.41, 5.74) is 0. The number of amides is 1. The van der Waals surface area contributed by atoms with Crippen LogP contribution in [0, 0.1) is 0 Å². The maximum absolute atomic E-state index is 11.7. The average molecular weight is 210 g/mol. The first-order valence-electron chi connectivity index (χ1n) is 4.54. The van der Waals surface area contributed by atoms with Crippen LogP contribution >= 0.6 is 0 Å². The van der Waals surface area contributed by atoms with Gasteiger partial charge < -0.3 is 10.6 Å². The van der Waals surface area contributed by atoms with Crippen LogP contribution in [0.5, 0.6) is 0 Å². The largest absolute Gasteiger partial charge is 0.389 e. The predicted molar refractivity (Wildman–Crippen MR) is 44.7 cm³/mol. The standard InChI is InChI=1S/C8H13F3N2O/c9-8(10,11)3-1-7(14)13-6-2-4-12-5-6/h6,12H,1-5H2,(H,13,14). The molecule has 2 N–H and O–H groups in total. The Morgan fingerprint density at radius 3 is 2.71 bits per heavy atom. The molecule has 1 saturated heterocycles. The summed E-state index contributed by atoms with van der Waals surface area (Å²) in [6.07, 6.45) is -4.97. The summed E-state index contributed by atoms with van der Waals surface area (Å²) in [5, 5.41) is 5.56. The molecule has 3 nitrogen and oxygen atoms in total. The second kappa shape index (κ2) is 4.63. The second-order valence-electron chi connectivity index (χ2n) is 3.37. The normalized spacial score (nSPS) is 22.4. The van der Waals surface area contributed by atoms with Crippen LogP contribution in [0.3, 0.4) is 0 Å².